The Morgan fingerprint density at radius 1 is 1.24 bits per heavy atom. The van der Waals surface area contributed by atoms with Crippen LogP contribution in [0.3, 0.4) is 0 Å². The van der Waals surface area contributed by atoms with Crippen molar-refractivity contribution in [2.45, 2.75) is 43.9 Å². The van der Waals surface area contributed by atoms with E-state index in [2.05, 4.69) is 25.7 Å². The van der Waals surface area contributed by atoms with Gasteiger partial charge in [0.15, 0.2) is 11.8 Å². The molecule has 1 saturated heterocycles. The second-order valence-corrected chi connectivity index (χ2v) is 8.38. The molecule has 3 aromatic heterocycles. The number of amides is 2. The van der Waals surface area contributed by atoms with Crippen molar-refractivity contribution >= 4 is 29.1 Å². The summed E-state index contributed by atoms with van der Waals surface area (Å²) in [6.07, 6.45) is 5.58. The van der Waals surface area contributed by atoms with Crippen molar-refractivity contribution in [1.82, 2.24) is 24.9 Å². The Labute approximate surface area is 196 Å². The van der Waals surface area contributed by atoms with E-state index in [0.717, 1.165) is 19.3 Å². The van der Waals surface area contributed by atoms with Crippen molar-refractivity contribution in [3.05, 3.63) is 42.2 Å². The summed E-state index contributed by atoms with van der Waals surface area (Å²) in [5.41, 5.74) is 0.672. The highest BCUT2D eigenvalue weighted by molar-refractivity contribution is 6.00. The highest BCUT2D eigenvalue weighted by Crippen LogP contribution is 2.26. The standard InChI is InChI=1S/C23H27N7O4/c1-24-19-12-20(34-17-6-5-11-29(23(17)32)18-7-3-4-10-25-18)28-21-14(13-26-30(19)21)22(31)27-15-8-9-16(15)33-2/h3-4,7,10,12-13,15-17,24H,5-6,8-9,11H2,1-2H3,(H,27,31)/t15-,16-,17?/m1/s1. The first-order valence-electron chi connectivity index (χ1n) is 11.4. The first kappa shape index (κ1) is 22.1. The molecule has 0 aromatic carbocycles. The molecule has 178 valence electrons. The molecule has 1 unspecified atom stereocenters. The van der Waals surface area contributed by atoms with E-state index in [1.165, 1.54) is 6.20 Å². The average Bonchev–Trinajstić information content (AvgIpc) is 3.27. The molecule has 5 rings (SSSR count). The molecule has 1 aliphatic heterocycles. The number of carbonyl (C=O) groups is 2. The Hall–Kier alpha value is -3.73. The summed E-state index contributed by atoms with van der Waals surface area (Å²) in [6.45, 7) is 0.584. The lowest BCUT2D eigenvalue weighted by Gasteiger charge is -2.35. The molecule has 3 atom stereocenters. The number of ether oxygens (including phenoxy) is 2. The highest BCUT2D eigenvalue weighted by atomic mass is 16.5. The molecule has 34 heavy (non-hydrogen) atoms. The van der Waals surface area contributed by atoms with Crippen molar-refractivity contribution in [2.24, 2.45) is 0 Å². The van der Waals surface area contributed by atoms with Gasteiger partial charge in [-0.1, -0.05) is 6.07 Å². The molecule has 1 saturated carbocycles. The van der Waals surface area contributed by atoms with Crippen LogP contribution in [0.5, 0.6) is 5.88 Å². The predicted molar refractivity (Wildman–Crippen MR) is 124 cm³/mol. The van der Waals surface area contributed by atoms with Crippen LogP contribution in [0.15, 0.2) is 36.7 Å². The van der Waals surface area contributed by atoms with Gasteiger partial charge in [0, 0.05) is 33.0 Å². The molecule has 2 aliphatic rings. The molecule has 2 fully saturated rings. The molecule has 11 heteroatoms. The number of piperidine rings is 1. The summed E-state index contributed by atoms with van der Waals surface area (Å²) in [7, 11) is 3.39. The third-order valence-corrected chi connectivity index (χ3v) is 6.36. The van der Waals surface area contributed by atoms with Gasteiger partial charge in [-0.25, -0.2) is 4.98 Å². The van der Waals surface area contributed by atoms with E-state index in [0.29, 0.717) is 35.8 Å². The number of rotatable bonds is 7. The van der Waals surface area contributed by atoms with Crippen LogP contribution in [0, 0.1) is 0 Å². The van der Waals surface area contributed by atoms with Crippen molar-refractivity contribution < 1.29 is 19.1 Å². The van der Waals surface area contributed by atoms with Gasteiger partial charge in [0.2, 0.25) is 5.88 Å². The fourth-order valence-electron chi connectivity index (χ4n) is 4.34. The lowest BCUT2D eigenvalue weighted by atomic mass is 9.89. The third kappa shape index (κ3) is 4.03. The fraction of sp³-hybridized carbons (Fsp3) is 0.435. The van der Waals surface area contributed by atoms with Gasteiger partial charge in [0.05, 0.1) is 18.3 Å². The topological polar surface area (TPSA) is 123 Å². The number of anilines is 2. The molecule has 0 spiro atoms. The number of pyridine rings is 1. The van der Waals surface area contributed by atoms with Crippen LogP contribution >= 0.6 is 0 Å². The maximum Gasteiger partial charge on any atom is 0.269 e. The zero-order chi connectivity index (χ0) is 23.7. The summed E-state index contributed by atoms with van der Waals surface area (Å²) in [5.74, 6) is 0.983. The van der Waals surface area contributed by atoms with Gasteiger partial charge in [-0.15, -0.1) is 0 Å². The first-order chi connectivity index (χ1) is 16.6. The van der Waals surface area contributed by atoms with Crippen LogP contribution < -0.4 is 20.3 Å². The van der Waals surface area contributed by atoms with Gasteiger partial charge in [0.1, 0.15) is 17.2 Å². The van der Waals surface area contributed by atoms with Crippen LogP contribution in [-0.4, -0.2) is 70.3 Å². The second kappa shape index (κ2) is 9.26. The molecule has 1 aliphatic carbocycles. The number of fused-ring (bicyclic) bond motifs is 1. The van der Waals surface area contributed by atoms with Crippen molar-refractivity contribution in [3.8, 4) is 5.88 Å². The minimum atomic E-state index is -0.701. The van der Waals surface area contributed by atoms with Crippen LogP contribution in [0.1, 0.15) is 36.0 Å². The minimum Gasteiger partial charge on any atom is -0.464 e. The SMILES string of the molecule is CNc1cc(OC2CCCN(c3ccccn3)C2=O)nc2c(C(=O)N[C@@H]3CC[C@H]3OC)cnn12. The number of aromatic nitrogens is 4. The van der Waals surface area contributed by atoms with E-state index in [1.54, 1.807) is 41.9 Å². The Balaban J connectivity index is 1.39. The molecule has 11 nitrogen and oxygen atoms in total. The molecule has 2 amide bonds. The number of hydrogen-bond donors (Lipinski definition) is 2. The third-order valence-electron chi connectivity index (χ3n) is 6.36. The molecular formula is C23H27N7O4. The van der Waals surface area contributed by atoms with Crippen LogP contribution in [0.4, 0.5) is 11.6 Å². The molecule has 4 heterocycles. The van der Waals surface area contributed by atoms with Gasteiger partial charge >= 0.3 is 0 Å². The molecule has 2 N–H and O–H groups in total. The number of hydrogen-bond acceptors (Lipinski definition) is 8. The summed E-state index contributed by atoms with van der Waals surface area (Å²) in [4.78, 5) is 36.5. The Morgan fingerprint density at radius 3 is 2.82 bits per heavy atom. The fourth-order valence-corrected chi connectivity index (χ4v) is 4.34. The Bertz CT molecular complexity index is 1200. The normalized spacial score (nSPS) is 22.4. The molecular weight excluding hydrogens is 438 g/mol. The van der Waals surface area contributed by atoms with E-state index in [1.807, 2.05) is 12.1 Å². The maximum atomic E-state index is 13.1. The summed E-state index contributed by atoms with van der Waals surface area (Å²) in [5, 5.41) is 10.4. The van der Waals surface area contributed by atoms with Gasteiger partial charge in [-0.3, -0.25) is 14.5 Å². The zero-order valence-electron chi connectivity index (χ0n) is 19.1. The maximum absolute atomic E-state index is 13.1. The number of carbonyl (C=O) groups excluding carboxylic acids is 2. The largest absolute Gasteiger partial charge is 0.464 e. The minimum absolute atomic E-state index is 0.0184. The van der Waals surface area contributed by atoms with Gasteiger partial charge < -0.3 is 20.1 Å². The Kier molecular flexibility index (Phi) is 6.01. The quantitative estimate of drug-likeness (QED) is 0.540. The van der Waals surface area contributed by atoms with Crippen LogP contribution in [0.25, 0.3) is 5.65 Å². The van der Waals surface area contributed by atoms with Crippen molar-refractivity contribution in [3.63, 3.8) is 0 Å². The van der Waals surface area contributed by atoms with Crippen LogP contribution in [0.2, 0.25) is 0 Å². The van der Waals surface area contributed by atoms with Crippen molar-refractivity contribution in [1.29, 1.82) is 0 Å². The Morgan fingerprint density at radius 2 is 2.12 bits per heavy atom. The van der Waals surface area contributed by atoms with Gasteiger partial charge in [0.25, 0.3) is 11.8 Å². The molecule has 0 radical (unpaired) electrons. The van der Waals surface area contributed by atoms with Crippen molar-refractivity contribution in [2.75, 3.05) is 30.9 Å². The van der Waals surface area contributed by atoms with Gasteiger partial charge in [-0.05, 0) is 37.8 Å². The summed E-state index contributed by atoms with van der Waals surface area (Å²) < 4.78 is 13.0. The number of nitrogens with zero attached hydrogens (tertiary/aromatic N) is 5. The lowest BCUT2D eigenvalue weighted by molar-refractivity contribution is -0.127. The smallest absolute Gasteiger partial charge is 0.269 e. The van der Waals surface area contributed by atoms with E-state index >= 15 is 0 Å². The van der Waals surface area contributed by atoms with Crippen LogP contribution in [-0.2, 0) is 9.53 Å². The predicted octanol–water partition coefficient (Wildman–Crippen LogP) is 1.65. The monoisotopic (exact) mass is 465 g/mol. The zero-order valence-corrected chi connectivity index (χ0v) is 19.1. The number of nitrogens with one attached hydrogen (secondary N) is 2. The van der Waals surface area contributed by atoms with E-state index in [4.69, 9.17) is 9.47 Å². The van der Waals surface area contributed by atoms with Gasteiger partial charge in [-0.2, -0.15) is 14.6 Å². The van der Waals surface area contributed by atoms with E-state index in [9.17, 15) is 9.59 Å². The second-order valence-electron chi connectivity index (χ2n) is 8.38. The number of methoxy groups -OCH3 is 1. The highest BCUT2D eigenvalue weighted by Gasteiger charge is 2.34. The van der Waals surface area contributed by atoms with E-state index in [-0.39, 0.29) is 29.8 Å². The molecule has 3 aromatic rings. The van der Waals surface area contributed by atoms with E-state index < -0.39 is 6.10 Å². The summed E-state index contributed by atoms with van der Waals surface area (Å²) in [6, 6.07) is 7.09. The average molecular weight is 466 g/mol. The molecule has 0 bridgehead atoms. The first-order valence-corrected chi connectivity index (χ1v) is 11.4. The summed E-state index contributed by atoms with van der Waals surface area (Å²) >= 11 is 0. The lowest BCUT2D eigenvalue weighted by Crippen LogP contribution is -2.51.